The van der Waals surface area contributed by atoms with E-state index in [1.54, 1.807) is 6.07 Å². The lowest BCUT2D eigenvalue weighted by atomic mass is 9.98. The molecular weight excluding hydrogens is 302 g/mol. The molecule has 4 heteroatoms. The van der Waals surface area contributed by atoms with Gasteiger partial charge in [-0.25, -0.2) is 0 Å². The van der Waals surface area contributed by atoms with E-state index in [9.17, 15) is 9.90 Å². The van der Waals surface area contributed by atoms with Gasteiger partial charge in [-0.1, -0.05) is 44.2 Å². The number of benzene rings is 2. The summed E-state index contributed by atoms with van der Waals surface area (Å²) in [5.41, 5.74) is 3.52. The Balaban J connectivity index is 2.02. The van der Waals surface area contributed by atoms with Crippen LogP contribution in [0.3, 0.4) is 0 Å². The minimum atomic E-state index is -0.216. The smallest absolute Gasteiger partial charge is 0.262 e. The van der Waals surface area contributed by atoms with Gasteiger partial charge in [-0.2, -0.15) is 0 Å². The second-order valence-electron chi connectivity index (χ2n) is 5.99. The summed E-state index contributed by atoms with van der Waals surface area (Å²) >= 11 is 0. The molecule has 2 aromatic rings. The molecule has 0 bridgehead atoms. The van der Waals surface area contributed by atoms with Gasteiger partial charge in [0.25, 0.3) is 5.91 Å². The van der Waals surface area contributed by atoms with Crippen molar-refractivity contribution in [1.82, 2.24) is 0 Å². The maximum Gasteiger partial charge on any atom is 0.262 e. The van der Waals surface area contributed by atoms with Gasteiger partial charge in [-0.05, 0) is 48.1 Å². The summed E-state index contributed by atoms with van der Waals surface area (Å²) in [5.74, 6) is 0.919. The summed E-state index contributed by atoms with van der Waals surface area (Å²) < 4.78 is 5.73. The van der Waals surface area contributed by atoms with Crippen LogP contribution in [0.4, 0.5) is 5.69 Å². The Morgan fingerprint density at radius 2 is 2.00 bits per heavy atom. The van der Waals surface area contributed by atoms with Crippen LogP contribution < -0.4 is 10.1 Å². The van der Waals surface area contributed by atoms with Gasteiger partial charge in [-0.3, -0.25) is 4.79 Å². The minimum Gasteiger partial charge on any atom is -0.483 e. The highest BCUT2D eigenvalue weighted by Gasteiger charge is 2.12. The molecule has 2 rings (SSSR count). The lowest BCUT2D eigenvalue weighted by Gasteiger charge is -2.16. The van der Waals surface area contributed by atoms with Crippen LogP contribution in [-0.2, 0) is 11.4 Å². The topological polar surface area (TPSA) is 58.6 Å². The van der Waals surface area contributed by atoms with Gasteiger partial charge < -0.3 is 15.2 Å². The van der Waals surface area contributed by atoms with Gasteiger partial charge in [0.15, 0.2) is 6.61 Å². The average molecular weight is 327 g/mol. The molecule has 1 unspecified atom stereocenters. The number of aliphatic hydroxyl groups excluding tert-OH is 1. The molecule has 0 spiro atoms. The molecule has 0 fully saturated rings. The lowest BCUT2D eigenvalue weighted by molar-refractivity contribution is -0.118. The van der Waals surface area contributed by atoms with Gasteiger partial charge >= 0.3 is 0 Å². The number of amides is 1. The van der Waals surface area contributed by atoms with E-state index < -0.39 is 0 Å². The molecule has 2 aromatic carbocycles. The monoisotopic (exact) mass is 327 g/mol. The summed E-state index contributed by atoms with van der Waals surface area (Å²) in [6, 6.07) is 13.3. The Hall–Kier alpha value is -2.33. The van der Waals surface area contributed by atoms with Crippen molar-refractivity contribution in [2.24, 2.45) is 0 Å². The lowest BCUT2D eigenvalue weighted by Crippen LogP contribution is -2.21. The Bertz CT molecular complexity index is 697. The zero-order valence-electron chi connectivity index (χ0n) is 14.5. The highest BCUT2D eigenvalue weighted by molar-refractivity contribution is 5.92. The van der Waals surface area contributed by atoms with Gasteiger partial charge in [-0.15, -0.1) is 0 Å². The van der Waals surface area contributed by atoms with Crippen LogP contribution in [0.5, 0.6) is 5.75 Å². The summed E-state index contributed by atoms with van der Waals surface area (Å²) in [6.07, 6.45) is 1.01. The molecular formula is C20H25NO3. The quantitative estimate of drug-likeness (QED) is 0.807. The molecule has 0 aliphatic heterocycles. The van der Waals surface area contributed by atoms with Crippen LogP contribution in [0.25, 0.3) is 0 Å². The van der Waals surface area contributed by atoms with Gasteiger partial charge in [0.2, 0.25) is 0 Å². The van der Waals surface area contributed by atoms with Crippen molar-refractivity contribution in [3.05, 3.63) is 59.2 Å². The number of hydrogen-bond donors (Lipinski definition) is 2. The minimum absolute atomic E-state index is 0.0454. The van der Waals surface area contributed by atoms with E-state index in [-0.39, 0.29) is 19.1 Å². The third-order valence-electron chi connectivity index (χ3n) is 4.18. The molecule has 0 radical (unpaired) electrons. The normalized spacial score (nSPS) is 11.8. The molecule has 24 heavy (non-hydrogen) atoms. The summed E-state index contributed by atoms with van der Waals surface area (Å²) in [4.78, 5) is 12.2. The largest absolute Gasteiger partial charge is 0.483 e. The van der Waals surface area contributed by atoms with E-state index in [4.69, 9.17) is 4.74 Å². The first-order valence-electron chi connectivity index (χ1n) is 8.27. The van der Waals surface area contributed by atoms with Crippen molar-refractivity contribution in [1.29, 1.82) is 0 Å². The van der Waals surface area contributed by atoms with E-state index in [0.717, 1.165) is 28.9 Å². The maximum atomic E-state index is 12.2. The maximum absolute atomic E-state index is 12.2. The van der Waals surface area contributed by atoms with E-state index in [2.05, 4.69) is 19.2 Å². The molecule has 0 heterocycles. The number of ether oxygens (including phenoxy) is 1. The molecule has 1 amide bonds. The second-order valence-corrected chi connectivity index (χ2v) is 5.99. The highest BCUT2D eigenvalue weighted by atomic mass is 16.5. The molecule has 0 saturated carbocycles. The van der Waals surface area contributed by atoms with Crippen LogP contribution in [-0.4, -0.2) is 17.6 Å². The summed E-state index contributed by atoms with van der Waals surface area (Å²) in [5, 5.41) is 12.1. The van der Waals surface area contributed by atoms with E-state index in [0.29, 0.717) is 11.6 Å². The first kappa shape index (κ1) is 18.0. The Morgan fingerprint density at radius 1 is 1.25 bits per heavy atom. The molecule has 0 aliphatic carbocycles. The number of carbonyl (C=O) groups excluding carboxylic acids is 1. The molecule has 0 aliphatic rings. The summed E-state index contributed by atoms with van der Waals surface area (Å²) in [7, 11) is 0. The van der Waals surface area contributed by atoms with Crippen molar-refractivity contribution in [3.63, 3.8) is 0 Å². The Morgan fingerprint density at radius 3 is 2.71 bits per heavy atom. The van der Waals surface area contributed by atoms with Crippen LogP contribution >= 0.6 is 0 Å². The standard InChI is InChI=1S/C20H25NO3/c1-4-14(2)17-7-5-6-8-19(17)24-13-20(23)21-18-11-16(12-22)10-9-15(18)3/h5-11,14,22H,4,12-13H2,1-3H3,(H,21,23). The predicted molar refractivity (Wildman–Crippen MR) is 96.4 cm³/mol. The fraction of sp³-hybridized carbons (Fsp3) is 0.350. The van der Waals surface area contributed by atoms with Gasteiger partial charge in [0.05, 0.1) is 6.61 Å². The summed E-state index contributed by atoms with van der Waals surface area (Å²) in [6.45, 7) is 6.09. The van der Waals surface area contributed by atoms with Crippen LogP contribution in [0.15, 0.2) is 42.5 Å². The number of carbonyl (C=O) groups is 1. The van der Waals surface area contributed by atoms with Crippen LogP contribution in [0, 0.1) is 6.92 Å². The molecule has 0 saturated heterocycles. The van der Waals surface area contributed by atoms with Crippen LogP contribution in [0.1, 0.15) is 42.9 Å². The number of anilines is 1. The fourth-order valence-corrected chi connectivity index (χ4v) is 2.47. The Kier molecular flexibility index (Phi) is 6.38. The molecule has 4 nitrogen and oxygen atoms in total. The van der Waals surface area contributed by atoms with Gasteiger partial charge in [0, 0.05) is 5.69 Å². The molecule has 0 aromatic heterocycles. The van der Waals surface area contributed by atoms with Crippen molar-refractivity contribution in [2.45, 2.75) is 39.7 Å². The third kappa shape index (κ3) is 4.59. The number of nitrogens with one attached hydrogen (secondary N) is 1. The molecule has 2 N–H and O–H groups in total. The highest BCUT2D eigenvalue weighted by Crippen LogP contribution is 2.28. The number of hydrogen-bond acceptors (Lipinski definition) is 3. The second kappa shape index (κ2) is 8.50. The van der Waals surface area contributed by atoms with Crippen molar-refractivity contribution in [3.8, 4) is 5.75 Å². The molecule has 128 valence electrons. The number of rotatable bonds is 7. The van der Waals surface area contributed by atoms with E-state index in [1.165, 1.54) is 0 Å². The van der Waals surface area contributed by atoms with E-state index >= 15 is 0 Å². The van der Waals surface area contributed by atoms with Gasteiger partial charge in [0.1, 0.15) is 5.75 Å². The number of aliphatic hydroxyl groups is 1. The first-order valence-corrected chi connectivity index (χ1v) is 8.27. The van der Waals surface area contributed by atoms with Crippen molar-refractivity contribution < 1.29 is 14.6 Å². The molecule has 1 atom stereocenters. The first-order chi connectivity index (χ1) is 11.5. The SMILES string of the molecule is CCC(C)c1ccccc1OCC(=O)Nc1cc(CO)ccc1C. The van der Waals surface area contributed by atoms with Crippen LogP contribution in [0.2, 0.25) is 0 Å². The zero-order chi connectivity index (χ0) is 17.5. The Labute approximate surface area is 143 Å². The van der Waals surface area contributed by atoms with Crippen molar-refractivity contribution >= 4 is 11.6 Å². The number of aryl methyl sites for hydroxylation is 1. The van der Waals surface area contributed by atoms with Crippen molar-refractivity contribution in [2.75, 3.05) is 11.9 Å². The third-order valence-corrected chi connectivity index (χ3v) is 4.18. The average Bonchev–Trinajstić information content (AvgIpc) is 2.61. The fourth-order valence-electron chi connectivity index (χ4n) is 2.47. The number of para-hydroxylation sites is 1. The van der Waals surface area contributed by atoms with E-state index in [1.807, 2.05) is 43.3 Å². The predicted octanol–water partition coefficient (Wildman–Crippen LogP) is 4.02. The zero-order valence-corrected chi connectivity index (χ0v) is 14.5.